The summed E-state index contributed by atoms with van der Waals surface area (Å²) in [5.41, 5.74) is 0.487. The molecule has 1 saturated heterocycles. The molecular weight excluding hydrogens is 384 g/mol. The van der Waals surface area contributed by atoms with Crippen molar-refractivity contribution in [1.29, 1.82) is 5.26 Å². The first-order valence-corrected chi connectivity index (χ1v) is 9.00. The second kappa shape index (κ2) is 8.74. The zero-order valence-corrected chi connectivity index (χ0v) is 15.5. The first-order chi connectivity index (χ1) is 13.5. The highest BCUT2D eigenvalue weighted by Crippen LogP contribution is 2.28. The fourth-order valence-electron chi connectivity index (χ4n) is 2.83. The molecule has 1 fully saturated rings. The third-order valence-electron chi connectivity index (χ3n) is 4.28. The van der Waals surface area contributed by atoms with Gasteiger partial charge in [0.2, 0.25) is 0 Å². The van der Waals surface area contributed by atoms with Gasteiger partial charge < -0.3 is 19.6 Å². The van der Waals surface area contributed by atoms with Crippen molar-refractivity contribution in [2.45, 2.75) is 18.9 Å². The molecule has 2 N–H and O–H groups in total. The Morgan fingerprint density at radius 1 is 1.36 bits per heavy atom. The Morgan fingerprint density at radius 2 is 2.18 bits per heavy atom. The van der Waals surface area contributed by atoms with E-state index < -0.39 is 11.9 Å². The summed E-state index contributed by atoms with van der Waals surface area (Å²) in [7, 11) is 0. The van der Waals surface area contributed by atoms with Crippen molar-refractivity contribution >= 4 is 29.6 Å². The van der Waals surface area contributed by atoms with Crippen LogP contribution >= 0.6 is 11.6 Å². The van der Waals surface area contributed by atoms with Crippen LogP contribution in [0.2, 0.25) is 5.02 Å². The van der Waals surface area contributed by atoms with Gasteiger partial charge in [-0.2, -0.15) is 5.26 Å². The van der Waals surface area contributed by atoms with Crippen LogP contribution < -0.4 is 5.32 Å². The van der Waals surface area contributed by atoms with Gasteiger partial charge in [-0.3, -0.25) is 4.79 Å². The number of ether oxygens (including phenoxy) is 1. The molecule has 0 saturated carbocycles. The van der Waals surface area contributed by atoms with Crippen LogP contribution in [0.4, 0.5) is 0 Å². The maximum atomic E-state index is 12.2. The average Bonchev–Trinajstić information content (AvgIpc) is 3.35. The fourth-order valence-corrected chi connectivity index (χ4v) is 3.09. The Hall–Kier alpha value is -3.08. The Morgan fingerprint density at radius 3 is 2.82 bits per heavy atom. The average molecular weight is 401 g/mol. The van der Waals surface area contributed by atoms with Gasteiger partial charge in [0.1, 0.15) is 23.2 Å². The number of carboxylic acids is 1. The number of carbonyl (C=O) groups is 2. The summed E-state index contributed by atoms with van der Waals surface area (Å²) in [5.74, 6) is -0.864. The minimum atomic E-state index is -1.12. The molecule has 2 aromatic rings. The van der Waals surface area contributed by atoms with E-state index in [1.54, 1.807) is 18.2 Å². The molecule has 0 spiro atoms. The molecule has 8 heteroatoms. The third kappa shape index (κ3) is 4.60. The molecule has 7 nitrogen and oxygen atoms in total. The number of benzene rings is 1. The van der Waals surface area contributed by atoms with Crippen LogP contribution in [0.25, 0.3) is 17.4 Å². The highest BCUT2D eigenvalue weighted by molar-refractivity contribution is 6.33. The van der Waals surface area contributed by atoms with Crippen LogP contribution in [0.3, 0.4) is 0 Å². The predicted octanol–water partition coefficient (Wildman–Crippen LogP) is 3.50. The van der Waals surface area contributed by atoms with Crippen LogP contribution in [0.5, 0.6) is 0 Å². The van der Waals surface area contributed by atoms with Gasteiger partial charge in [0.15, 0.2) is 0 Å². The van der Waals surface area contributed by atoms with Gasteiger partial charge in [-0.1, -0.05) is 17.7 Å². The fraction of sp³-hybridized carbons (Fsp3) is 0.250. The molecule has 0 radical (unpaired) electrons. The second-order valence-electron chi connectivity index (χ2n) is 6.22. The van der Waals surface area contributed by atoms with E-state index in [-0.39, 0.29) is 22.3 Å². The number of nitrogens with zero attached hydrogens (tertiary/aromatic N) is 1. The molecule has 3 rings (SSSR count). The number of hydrogen-bond acceptors (Lipinski definition) is 5. The molecular formula is C20H17ClN2O5. The quantitative estimate of drug-likeness (QED) is 0.566. The number of rotatable bonds is 6. The first-order valence-electron chi connectivity index (χ1n) is 8.62. The SMILES string of the molecule is N#C/C(=C\c1ccc(-c2ccc(C(=O)O)c(Cl)c2)o1)C(=O)NCC1CCCO1. The molecule has 1 aromatic heterocycles. The molecule has 2 heterocycles. The van der Waals surface area contributed by atoms with Crippen molar-refractivity contribution < 1.29 is 23.8 Å². The van der Waals surface area contributed by atoms with E-state index in [0.717, 1.165) is 12.8 Å². The lowest BCUT2D eigenvalue weighted by atomic mass is 10.1. The summed E-state index contributed by atoms with van der Waals surface area (Å²) in [4.78, 5) is 23.2. The van der Waals surface area contributed by atoms with Gasteiger partial charge in [0.25, 0.3) is 5.91 Å². The molecule has 1 aliphatic rings. The number of amides is 1. The van der Waals surface area contributed by atoms with E-state index in [0.29, 0.717) is 30.2 Å². The number of nitriles is 1. The molecule has 1 aliphatic heterocycles. The van der Waals surface area contributed by atoms with E-state index >= 15 is 0 Å². The Kier molecular flexibility index (Phi) is 6.14. The van der Waals surface area contributed by atoms with Crippen LogP contribution in [-0.2, 0) is 9.53 Å². The molecule has 28 heavy (non-hydrogen) atoms. The lowest BCUT2D eigenvalue weighted by molar-refractivity contribution is -0.117. The van der Waals surface area contributed by atoms with E-state index in [2.05, 4.69) is 5.32 Å². The van der Waals surface area contributed by atoms with Crippen molar-refractivity contribution in [3.63, 3.8) is 0 Å². The van der Waals surface area contributed by atoms with Gasteiger partial charge in [-0.25, -0.2) is 4.79 Å². The second-order valence-corrected chi connectivity index (χ2v) is 6.62. The van der Waals surface area contributed by atoms with Crippen molar-refractivity contribution in [1.82, 2.24) is 5.32 Å². The number of nitrogens with one attached hydrogen (secondary N) is 1. The van der Waals surface area contributed by atoms with Crippen molar-refractivity contribution in [3.05, 3.63) is 52.3 Å². The lowest BCUT2D eigenvalue weighted by Gasteiger charge is -2.09. The monoisotopic (exact) mass is 400 g/mol. The maximum Gasteiger partial charge on any atom is 0.337 e. The van der Waals surface area contributed by atoms with Crippen molar-refractivity contribution in [3.8, 4) is 17.4 Å². The maximum absolute atomic E-state index is 12.2. The standard InChI is InChI=1S/C20H17ClN2O5/c21-17-9-12(3-5-16(17)20(25)26)18-6-4-14(28-18)8-13(10-22)19(24)23-11-15-2-1-7-27-15/h3-6,8-9,15H,1-2,7,11H2,(H,23,24)(H,25,26)/b13-8+. The molecule has 1 aromatic carbocycles. The number of carboxylic acid groups (broad SMARTS) is 1. The first kappa shape index (κ1) is 19.7. The summed E-state index contributed by atoms with van der Waals surface area (Å²) in [6.07, 6.45) is 3.18. The molecule has 144 valence electrons. The Bertz CT molecular complexity index is 967. The van der Waals surface area contributed by atoms with Crippen LogP contribution in [-0.4, -0.2) is 36.2 Å². The molecule has 1 unspecified atom stereocenters. The van der Waals surface area contributed by atoms with E-state index in [4.69, 9.17) is 25.9 Å². The van der Waals surface area contributed by atoms with Gasteiger partial charge in [-0.05, 0) is 37.1 Å². The van der Waals surface area contributed by atoms with Crippen LogP contribution in [0, 0.1) is 11.3 Å². The minimum Gasteiger partial charge on any atom is -0.478 e. The Labute approximate surface area is 166 Å². The highest BCUT2D eigenvalue weighted by Gasteiger charge is 2.18. The number of carbonyl (C=O) groups excluding carboxylic acids is 1. The van der Waals surface area contributed by atoms with Crippen molar-refractivity contribution in [2.75, 3.05) is 13.2 Å². The molecule has 1 amide bonds. The smallest absolute Gasteiger partial charge is 0.337 e. The van der Waals surface area contributed by atoms with Gasteiger partial charge in [0, 0.05) is 24.8 Å². The number of furan rings is 1. The Balaban J connectivity index is 1.72. The summed E-state index contributed by atoms with van der Waals surface area (Å²) in [6.45, 7) is 1.05. The molecule has 0 aliphatic carbocycles. The van der Waals surface area contributed by atoms with Crippen LogP contribution in [0.1, 0.15) is 29.0 Å². The summed E-state index contributed by atoms with van der Waals surface area (Å²) >= 11 is 5.98. The summed E-state index contributed by atoms with van der Waals surface area (Å²) in [6, 6.07) is 9.57. The topological polar surface area (TPSA) is 113 Å². The number of hydrogen-bond donors (Lipinski definition) is 2. The van der Waals surface area contributed by atoms with Crippen molar-refractivity contribution in [2.24, 2.45) is 0 Å². The number of halogens is 1. The van der Waals surface area contributed by atoms with E-state index in [1.807, 2.05) is 6.07 Å². The third-order valence-corrected chi connectivity index (χ3v) is 4.59. The molecule has 1 atom stereocenters. The number of aromatic carboxylic acids is 1. The van der Waals surface area contributed by atoms with Gasteiger partial charge >= 0.3 is 5.97 Å². The normalized spacial score (nSPS) is 16.6. The summed E-state index contributed by atoms with van der Waals surface area (Å²) in [5, 5.41) is 21.1. The molecule has 0 bridgehead atoms. The van der Waals surface area contributed by atoms with E-state index in [9.17, 15) is 14.9 Å². The van der Waals surface area contributed by atoms with Crippen LogP contribution in [0.15, 0.2) is 40.3 Å². The summed E-state index contributed by atoms with van der Waals surface area (Å²) < 4.78 is 11.1. The largest absolute Gasteiger partial charge is 0.478 e. The van der Waals surface area contributed by atoms with E-state index in [1.165, 1.54) is 18.2 Å². The zero-order chi connectivity index (χ0) is 20.1. The lowest BCUT2D eigenvalue weighted by Crippen LogP contribution is -2.32. The minimum absolute atomic E-state index is 0.00762. The zero-order valence-electron chi connectivity index (χ0n) is 14.8. The highest BCUT2D eigenvalue weighted by atomic mass is 35.5. The van der Waals surface area contributed by atoms with Gasteiger partial charge in [0.05, 0.1) is 16.7 Å². The van der Waals surface area contributed by atoms with Gasteiger partial charge in [-0.15, -0.1) is 0 Å². The predicted molar refractivity (Wildman–Crippen MR) is 102 cm³/mol.